The standard InChI is InChI=1S/C17H32N2O2/c1-14-8-10-18(11-9-14)17(21)13-19(12-15(2)20)16-6-4-3-5-7-16/h14-16,20H,3-13H2,1-2H3. The van der Waals surface area contributed by atoms with E-state index < -0.39 is 0 Å². The third-order valence-corrected chi connectivity index (χ3v) is 5.06. The molecule has 0 radical (unpaired) electrons. The molecule has 0 aromatic rings. The molecule has 2 rings (SSSR count). The fraction of sp³-hybridized carbons (Fsp3) is 0.941. The Kier molecular flexibility index (Phi) is 6.49. The zero-order valence-electron chi connectivity index (χ0n) is 13.8. The van der Waals surface area contributed by atoms with Crippen molar-refractivity contribution < 1.29 is 9.90 Å². The first-order chi connectivity index (χ1) is 10.1. The van der Waals surface area contributed by atoms with Crippen molar-refractivity contribution >= 4 is 5.91 Å². The van der Waals surface area contributed by atoms with Gasteiger partial charge in [-0.05, 0) is 38.5 Å². The van der Waals surface area contributed by atoms with Crippen LogP contribution in [0.2, 0.25) is 0 Å². The van der Waals surface area contributed by atoms with Gasteiger partial charge in [0, 0.05) is 25.7 Å². The molecule has 1 saturated carbocycles. The third kappa shape index (κ3) is 5.26. The molecule has 0 aromatic heterocycles. The van der Waals surface area contributed by atoms with E-state index in [9.17, 15) is 9.90 Å². The maximum atomic E-state index is 12.5. The lowest BCUT2D eigenvalue weighted by molar-refractivity contribution is -0.134. The quantitative estimate of drug-likeness (QED) is 0.846. The molecular weight excluding hydrogens is 264 g/mol. The largest absolute Gasteiger partial charge is 0.392 e. The monoisotopic (exact) mass is 296 g/mol. The highest BCUT2D eigenvalue weighted by Gasteiger charge is 2.27. The van der Waals surface area contributed by atoms with Crippen LogP contribution in [0.15, 0.2) is 0 Å². The summed E-state index contributed by atoms with van der Waals surface area (Å²) in [7, 11) is 0. The van der Waals surface area contributed by atoms with Gasteiger partial charge in [-0.25, -0.2) is 0 Å². The first-order valence-electron chi connectivity index (χ1n) is 8.76. The van der Waals surface area contributed by atoms with Crippen molar-refractivity contribution in [1.82, 2.24) is 9.80 Å². The summed E-state index contributed by atoms with van der Waals surface area (Å²) >= 11 is 0. The molecule has 1 amide bonds. The second kappa shape index (κ2) is 8.14. The van der Waals surface area contributed by atoms with Gasteiger partial charge >= 0.3 is 0 Å². The zero-order chi connectivity index (χ0) is 15.2. The minimum Gasteiger partial charge on any atom is -0.392 e. The molecule has 1 N–H and O–H groups in total. The number of aliphatic hydroxyl groups excluding tert-OH is 1. The highest BCUT2D eigenvalue weighted by molar-refractivity contribution is 5.78. The highest BCUT2D eigenvalue weighted by atomic mass is 16.3. The number of nitrogens with zero attached hydrogens (tertiary/aromatic N) is 2. The molecule has 122 valence electrons. The molecule has 4 heteroatoms. The molecule has 1 atom stereocenters. The molecule has 1 aliphatic carbocycles. The Morgan fingerprint density at radius 3 is 2.38 bits per heavy atom. The summed E-state index contributed by atoms with van der Waals surface area (Å²) in [6, 6.07) is 0.487. The Labute approximate surface area is 129 Å². The first kappa shape index (κ1) is 16.8. The Morgan fingerprint density at radius 1 is 1.19 bits per heavy atom. The van der Waals surface area contributed by atoms with Crippen molar-refractivity contribution in [2.45, 2.75) is 70.9 Å². The Bertz CT molecular complexity index is 319. The number of hydrogen-bond donors (Lipinski definition) is 1. The van der Waals surface area contributed by atoms with Crippen LogP contribution in [0, 0.1) is 5.92 Å². The summed E-state index contributed by atoms with van der Waals surface area (Å²) in [5.74, 6) is 1.01. The van der Waals surface area contributed by atoms with E-state index in [0.29, 0.717) is 19.1 Å². The summed E-state index contributed by atoms with van der Waals surface area (Å²) in [6.07, 6.45) is 8.09. The molecule has 2 fully saturated rings. The van der Waals surface area contributed by atoms with E-state index in [0.717, 1.165) is 31.8 Å². The summed E-state index contributed by atoms with van der Waals surface area (Å²) in [6.45, 7) is 7.03. The van der Waals surface area contributed by atoms with Crippen LogP contribution in [-0.2, 0) is 4.79 Å². The predicted molar refractivity (Wildman–Crippen MR) is 85.1 cm³/mol. The van der Waals surface area contributed by atoms with Gasteiger partial charge in [0.25, 0.3) is 0 Å². The van der Waals surface area contributed by atoms with Crippen molar-refractivity contribution in [2.75, 3.05) is 26.2 Å². The molecule has 0 aromatic carbocycles. The Morgan fingerprint density at radius 2 is 1.81 bits per heavy atom. The Hall–Kier alpha value is -0.610. The SMILES string of the molecule is CC(O)CN(CC(=O)N1CCC(C)CC1)C1CCCCC1. The van der Waals surface area contributed by atoms with Crippen LogP contribution in [0.1, 0.15) is 58.8 Å². The smallest absolute Gasteiger partial charge is 0.236 e. The van der Waals surface area contributed by atoms with Crippen LogP contribution < -0.4 is 0 Å². The fourth-order valence-electron chi connectivity index (χ4n) is 3.66. The maximum Gasteiger partial charge on any atom is 0.236 e. The van der Waals surface area contributed by atoms with Gasteiger partial charge in [0.15, 0.2) is 0 Å². The Balaban J connectivity index is 1.89. The van der Waals surface area contributed by atoms with Crippen molar-refractivity contribution in [2.24, 2.45) is 5.92 Å². The summed E-state index contributed by atoms with van der Waals surface area (Å²) in [4.78, 5) is 16.8. The number of carbonyl (C=O) groups excluding carboxylic acids is 1. The number of amides is 1. The summed E-state index contributed by atoms with van der Waals surface area (Å²) in [5.41, 5.74) is 0. The van der Waals surface area contributed by atoms with Gasteiger partial charge in [0.05, 0.1) is 12.6 Å². The third-order valence-electron chi connectivity index (χ3n) is 5.06. The lowest BCUT2D eigenvalue weighted by Crippen LogP contribution is -2.49. The summed E-state index contributed by atoms with van der Waals surface area (Å²) < 4.78 is 0. The summed E-state index contributed by atoms with van der Waals surface area (Å²) in [5, 5.41) is 9.74. The van der Waals surface area contributed by atoms with Crippen LogP contribution in [-0.4, -0.2) is 59.1 Å². The predicted octanol–water partition coefficient (Wildman–Crippen LogP) is 2.26. The topological polar surface area (TPSA) is 43.8 Å². The first-order valence-corrected chi connectivity index (χ1v) is 8.76. The van der Waals surface area contributed by atoms with Crippen LogP contribution >= 0.6 is 0 Å². The van der Waals surface area contributed by atoms with E-state index in [1.807, 2.05) is 11.8 Å². The van der Waals surface area contributed by atoms with Gasteiger partial charge in [-0.1, -0.05) is 26.2 Å². The van der Waals surface area contributed by atoms with E-state index in [-0.39, 0.29) is 12.0 Å². The molecular formula is C17H32N2O2. The normalized spacial score (nSPS) is 23.5. The molecule has 1 heterocycles. The lowest BCUT2D eigenvalue weighted by atomic mass is 9.94. The van der Waals surface area contributed by atoms with Crippen LogP contribution in [0.25, 0.3) is 0 Å². The minimum atomic E-state index is -0.360. The van der Waals surface area contributed by atoms with Crippen LogP contribution in [0.4, 0.5) is 0 Å². The van der Waals surface area contributed by atoms with Crippen molar-refractivity contribution in [3.8, 4) is 0 Å². The molecule has 0 spiro atoms. The average Bonchev–Trinajstić information content (AvgIpc) is 2.47. The lowest BCUT2D eigenvalue weighted by Gasteiger charge is -2.37. The number of aliphatic hydroxyl groups is 1. The fourth-order valence-corrected chi connectivity index (χ4v) is 3.66. The van der Waals surface area contributed by atoms with Gasteiger partial charge in [0.1, 0.15) is 0 Å². The molecule has 2 aliphatic rings. The van der Waals surface area contributed by atoms with Gasteiger partial charge < -0.3 is 10.0 Å². The number of hydrogen-bond acceptors (Lipinski definition) is 3. The molecule has 0 bridgehead atoms. The number of likely N-dealkylation sites (tertiary alicyclic amines) is 1. The number of rotatable bonds is 5. The minimum absolute atomic E-state index is 0.258. The highest BCUT2D eigenvalue weighted by Crippen LogP contribution is 2.23. The molecule has 21 heavy (non-hydrogen) atoms. The van der Waals surface area contributed by atoms with E-state index in [2.05, 4.69) is 11.8 Å². The van der Waals surface area contributed by atoms with Crippen LogP contribution in [0.5, 0.6) is 0 Å². The van der Waals surface area contributed by atoms with Crippen LogP contribution in [0.3, 0.4) is 0 Å². The van der Waals surface area contributed by atoms with Crippen molar-refractivity contribution in [1.29, 1.82) is 0 Å². The molecule has 1 unspecified atom stereocenters. The van der Waals surface area contributed by atoms with E-state index in [1.54, 1.807) is 0 Å². The maximum absolute atomic E-state index is 12.5. The second-order valence-electron chi connectivity index (χ2n) is 7.13. The van der Waals surface area contributed by atoms with E-state index in [4.69, 9.17) is 0 Å². The second-order valence-corrected chi connectivity index (χ2v) is 7.13. The molecule has 1 aliphatic heterocycles. The average molecular weight is 296 g/mol. The van der Waals surface area contributed by atoms with E-state index in [1.165, 1.54) is 32.1 Å². The zero-order valence-corrected chi connectivity index (χ0v) is 13.8. The van der Waals surface area contributed by atoms with Gasteiger partial charge in [-0.2, -0.15) is 0 Å². The number of piperidine rings is 1. The van der Waals surface area contributed by atoms with Gasteiger partial charge in [0.2, 0.25) is 5.91 Å². The molecule has 4 nitrogen and oxygen atoms in total. The van der Waals surface area contributed by atoms with Crippen molar-refractivity contribution in [3.63, 3.8) is 0 Å². The van der Waals surface area contributed by atoms with Gasteiger partial charge in [-0.15, -0.1) is 0 Å². The number of carbonyl (C=O) groups is 1. The molecule has 1 saturated heterocycles. The van der Waals surface area contributed by atoms with Crippen molar-refractivity contribution in [3.05, 3.63) is 0 Å². The van der Waals surface area contributed by atoms with Gasteiger partial charge in [-0.3, -0.25) is 9.69 Å². The van der Waals surface area contributed by atoms with E-state index >= 15 is 0 Å².